The van der Waals surface area contributed by atoms with Gasteiger partial charge in [-0.1, -0.05) is 13.8 Å². The molecule has 1 aromatic heterocycles. The van der Waals surface area contributed by atoms with Crippen LogP contribution in [0.1, 0.15) is 33.1 Å². The minimum Gasteiger partial charge on any atom is -0.481 e. The fourth-order valence-corrected chi connectivity index (χ4v) is 2.15. The maximum atomic E-state index is 10.7. The van der Waals surface area contributed by atoms with E-state index in [0.29, 0.717) is 17.7 Å². The molecule has 5 heteroatoms. The van der Waals surface area contributed by atoms with Crippen molar-refractivity contribution in [2.45, 2.75) is 33.1 Å². The summed E-state index contributed by atoms with van der Waals surface area (Å²) < 4.78 is 5.07. The molecule has 112 valence electrons. The molecular weight excluding hydrogens is 256 g/mol. The molecule has 1 atom stereocenters. The first kappa shape index (κ1) is 16.3. The number of aromatic nitrogens is 1. The summed E-state index contributed by atoms with van der Waals surface area (Å²) in [4.78, 5) is 14.7. The van der Waals surface area contributed by atoms with Gasteiger partial charge in [0.25, 0.3) is 0 Å². The van der Waals surface area contributed by atoms with Crippen LogP contribution in [0.25, 0.3) is 0 Å². The molecule has 5 nitrogen and oxygen atoms in total. The van der Waals surface area contributed by atoms with Crippen LogP contribution in [0.3, 0.4) is 0 Å². The summed E-state index contributed by atoms with van der Waals surface area (Å²) in [7, 11) is 1.59. The van der Waals surface area contributed by atoms with Gasteiger partial charge in [-0.3, -0.25) is 4.79 Å². The van der Waals surface area contributed by atoms with E-state index in [1.165, 1.54) is 0 Å². The van der Waals surface area contributed by atoms with Crippen molar-refractivity contribution in [1.82, 2.24) is 4.98 Å². The van der Waals surface area contributed by atoms with Gasteiger partial charge in [0.15, 0.2) is 0 Å². The molecule has 0 fully saturated rings. The van der Waals surface area contributed by atoms with E-state index < -0.39 is 5.97 Å². The lowest BCUT2D eigenvalue weighted by Crippen LogP contribution is -2.15. The second-order valence-electron chi connectivity index (χ2n) is 5.24. The van der Waals surface area contributed by atoms with Gasteiger partial charge in [-0.05, 0) is 30.7 Å². The highest BCUT2D eigenvalue weighted by atomic mass is 16.5. The lowest BCUT2D eigenvalue weighted by Gasteiger charge is -2.20. The van der Waals surface area contributed by atoms with Crippen LogP contribution in [0, 0.1) is 11.8 Å². The van der Waals surface area contributed by atoms with Crippen molar-refractivity contribution in [3.63, 3.8) is 0 Å². The number of nitrogens with one attached hydrogen (secondary N) is 1. The molecule has 1 aromatic rings. The van der Waals surface area contributed by atoms with Crippen LogP contribution >= 0.6 is 0 Å². The van der Waals surface area contributed by atoms with E-state index in [-0.39, 0.29) is 6.42 Å². The molecule has 1 rings (SSSR count). The summed E-state index contributed by atoms with van der Waals surface area (Å²) in [6.07, 6.45) is 3.63. The van der Waals surface area contributed by atoms with Gasteiger partial charge < -0.3 is 15.2 Å². The van der Waals surface area contributed by atoms with Crippen molar-refractivity contribution in [3.8, 4) is 5.88 Å². The predicted molar refractivity (Wildman–Crippen MR) is 79.1 cm³/mol. The second kappa shape index (κ2) is 8.40. The van der Waals surface area contributed by atoms with Crippen LogP contribution < -0.4 is 10.1 Å². The number of hydrogen-bond acceptors (Lipinski definition) is 4. The number of pyridine rings is 1. The van der Waals surface area contributed by atoms with Crippen LogP contribution in [0.5, 0.6) is 5.88 Å². The van der Waals surface area contributed by atoms with Gasteiger partial charge in [-0.2, -0.15) is 0 Å². The third-order valence-electron chi connectivity index (χ3n) is 3.46. The van der Waals surface area contributed by atoms with Gasteiger partial charge in [-0.25, -0.2) is 4.98 Å². The predicted octanol–water partition coefficient (Wildman–Crippen LogP) is 3.03. The number of anilines is 1. The first-order valence-corrected chi connectivity index (χ1v) is 6.98. The molecule has 0 aliphatic heterocycles. The molecule has 20 heavy (non-hydrogen) atoms. The summed E-state index contributed by atoms with van der Waals surface area (Å²) in [6, 6.07) is 3.74. The Bertz CT molecular complexity index is 421. The first-order valence-electron chi connectivity index (χ1n) is 6.98. The number of ether oxygens (including phenoxy) is 1. The monoisotopic (exact) mass is 280 g/mol. The van der Waals surface area contributed by atoms with E-state index in [2.05, 4.69) is 24.1 Å². The summed E-state index contributed by atoms with van der Waals surface area (Å²) in [5, 5.41) is 12.1. The van der Waals surface area contributed by atoms with Gasteiger partial charge in [0, 0.05) is 30.9 Å². The maximum absolute atomic E-state index is 10.7. The van der Waals surface area contributed by atoms with Gasteiger partial charge in [0.1, 0.15) is 0 Å². The zero-order chi connectivity index (χ0) is 15.0. The minimum atomic E-state index is -0.720. The highest BCUT2D eigenvalue weighted by Gasteiger charge is 2.14. The molecule has 0 bridgehead atoms. The maximum Gasteiger partial charge on any atom is 0.303 e. The van der Waals surface area contributed by atoms with Gasteiger partial charge in [-0.15, -0.1) is 0 Å². The van der Waals surface area contributed by atoms with Crippen LogP contribution in [-0.2, 0) is 4.79 Å². The van der Waals surface area contributed by atoms with Crippen LogP contribution in [0.2, 0.25) is 0 Å². The summed E-state index contributed by atoms with van der Waals surface area (Å²) in [5.41, 5.74) is 0.970. The Hall–Kier alpha value is -1.78. The number of carboxylic acid groups (broad SMARTS) is 1. The smallest absolute Gasteiger partial charge is 0.303 e. The molecular formula is C15H24N2O3. The topological polar surface area (TPSA) is 71.5 Å². The quantitative estimate of drug-likeness (QED) is 0.727. The number of nitrogens with zero attached hydrogens (tertiary/aromatic N) is 1. The molecule has 1 heterocycles. The normalized spacial score (nSPS) is 12.2. The Morgan fingerprint density at radius 3 is 2.80 bits per heavy atom. The van der Waals surface area contributed by atoms with E-state index in [1.54, 1.807) is 13.3 Å². The van der Waals surface area contributed by atoms with Gasteiger partial charge in [0.05, 0.1) is 7.11 Å². The van der Waals surface area contributed by atoms with E-state index in [4.69, 9.17) is 9.84 Å². The molecule has 0 aliphatic rings. The standard InChI is InChI=1S/C15H24N2O3/c1-11(2)12(4-5-15(18)19)6-8-16-13-7-9-17-14(10-13)20-3/h7,9-12H,4-6,8H2,1-3H3,(H,16,17)(H,18,19). The molecule has 0 saturated carbocycles. The molecule has 0 spiro atoms. The number of carboxylic acids is 1. The van der Waals surface area contributed by atoms with Gasteiger partial charge >= 0.3 is 5.97 Å². The lowest BCUT2D eigenvalue weighted by molar-refractivity contribution is -0.137. The van der Waals surface area contributed by atoms with Crippen molar-refractivity contribution >= 4 is 11.7 Å². The van der Waals surface area contributed by atoms with Crippen molar-refractivity contribution in [2.75, 3.05) is 19.0 Å². The van der Waals surface area contributed by atoms with E-state index in [0.717, 1.165) is 25.1 Å². The third-order valence-corrected chi connectivity index (χ3v) is 3.46. The molecule has 0 radical (unpaired) electrons. The van der Waals surface area contributed by atoms with E-state index >= 15 is 0 Å². The SMILES string of the molecule is COc1cc(NCCC(CCC(=O)O)C(C)C)ccn1. The molecule has 0 aliphatic carbocycles. The zero-order valence-corrected chi connectivity index (χ0v) is 12.4. The lowest BCUT2D eigenvalue weighted by atomic mass is 9.88. The Morgan fingerprint density at radius 1 is 1.45 bits per heavy atom. The van der Waals surface area contributed by atoms with E-state index in [9.17, 15) is 4.79 Å². The first-order chi connectivity index (χ1) is 9.52. The molecule has 1 unspecified atom stereocenters. The molecule has 0 saturated heterocycles. The Morgan fingerprint density at radius 2 is 2.20 bits per heavy atom. The number of aliphatic carboxylic acids is 1. The highest BCUT2D eigenvalue weighted by Crippen LogP contribution is 2.21. The molecule has 0 aromatic carbocycles. The van der Waals surface area contributed by atoms with Crippen molar-refractivity contribution < 1.29 is 14.6 Å². The Labute approximate surface area is 120 Å². The Balaban J connectivity index is 2.41. The fourth-order valence-electron chi connectivity index (χ4n) is 2.15. The summed E-state index contributed by atoms with van der Waals surface area (Å²) in [5.74, 6) is 0.772. The number of methoxy groups -OCH3 is 1. The largest absolute Gasteiger partial charge is 0.481 e. The third kappa shape index (κ3) is 5.91. The van der Waals surface area contributed by atoms with Crippen LogP contribution in [0.4, 0.5) is 5.69 Å². The molecule has 2 N–H and O–H groups in total. The van der Waals surface area contributed by atoms with Gasteiger partial charge in [0.2, 0.25) is 5.88 Å². The Kier molecular flexibility index (Phi) is 6.84. The fraction of sp³-hybridized carbons (Fsp3) is 0.600. The molecule has 0 amide bonds. The number of hydrogen-bond donors (Lipinski definition) is 2. The summed E-state index contributed by atoms with van der Waals surface area (Å²) >= 11 is 0. The van der Waals surface area contributed by atoms with Crippen molar-refractivity contribution in [2.24, 2.45) is 11.8 Å². The highest BCUT2D eigenvalue weighted by molar-refractivity contribution is 5.66. The summed E-state index contributed by atoms with van der Waals surface area (Å²) in [6.45, 7) is 5.10. The van der Waals surface area contributed by atoms with E-state index in [1.807, 2.05) is 12.1 Å². The van der Waals surface area contributed by atoms with Crippen LogP contribution in [0.15, 0.2) is 18.3 Å². The number of rotatable bonds is 9. The number of carbonyl (C=O) groups is 1. The zero-order valence-electron chi connectivity index (χ0n) is 12.4. The second-order valence-corrected chi connectivity index (χ2v) is 5.24. The van der Waals surface area contributed by atoms with Crippen molar-refractivity contribution in [1.29, 1.82) is 0 Å². The van der Waals surface area contributed by atoms with Crippen molar-refractivity contribution in [3.05, 3.63) is 18.3 Å². The minimum absolute atomic E-state index is 0.242. The average molecular weight is 280 g/mol. The van der Waals surface area contributed by atoms with Crippen LogP contribution in [-0.4, -0.2) is 29.7 Å². The average Bonchev–Trinajstić information content (AvgIpc) is 2.42.